The van der Waals surface area contributed by atoms with Crippen molar-refractivity contribution in [2.24, 2.45) is 0 Å². The minimum atomic E-state index is -0.253. The van der Waals surface area contributed by atoms with Gasteiger partial charge in [-0.25, -0.2) is 14.1 Å². The van der Waals surface area contributed by atoms with Crippen molar-refractivity contribution in [3.63, 3.8) is 0 Å². The van der Waals surface area contributed by atoms with Gasteiger partial charge in [-0.3, -0.25) is 0 Å². The van der Waals surface area contributed by atoms with Crippen molar-refractivity contribution in [2.75, 3.05) is 0 Å². The standard InChI is InChI=1S/C18H15FN4/c1-11-10-23(22-12(11)2)16-7-14-8-17(21-18(14)20-9-16)13-4-3-5-15(19)6-13/h3-10H,1-2H3,(H,20,21). The molecule has 1 aromatic carbocycles. The number of fused-ring (bicyclic) bond motifs is 1. The predicted octanol–water partition coefficient (Wildman–Crippen LogP) is 4.17. The molecule has 5 heteroatoms. The zero-order valence-electron chi connectivity index (χ0n) is 12.8. The Hall–Kier alpha value is -2.95. The third-order valence-corrected chi connectivity index (χ3v) is 4.00. The van der Waals surface area contributed by atoms with E-state index < -0.39 is 0 Å². The summed E-state index contributed by atoms with van der Waals surface area (Å²) >= 11 is 0. The van der Waals surface area contributed by atoms with E-state index in [1.165, 1.54) is 12.1 Å². The van der Waals surface area contributed by atoms with Crippen molar-refractivity contribution in [1.29, 1.82) is 0 Å². The summed E-state index contributed by atoms with van der Waals surface area (Å²) < 4.78 is 15.2. The van der Waals surface area contributed by atoms with Gasteiger partial charge in [-0.05, 0) is 43.7 Å². The Bertz CT molecular complexity index is 993. The summed E-state index contributed by atoms with van der Waals surface area (Å²) in [6.07, 6.45) is 3.76. The van der Waals surface area contributed by atoms with Gasteiger partial charge in [0.25, 0.3) is 0 Å². The molecule has 0 atom stereocenters. The van der Waals surface area contributed by atoms with Gasteiger partial charge in [0.2, 0.25) is 0 Å². The van der Waals surface area contributed by atoms with E-state index in [1.807, 2.05) is 42.9 Å². The molecule has 0 radical (unpaired) electrons. The Kier molecular flexibility index (Phi) is 3.01. The lowest BCUT2D eigenvalue weighted by molar-refractivity contribution is 0.628. The second kappa shape index (κ2) is 5.05. The maximum Gasteiger partial charge on any atom is 0.137 e. The number of aryl methyl sites for hydroxylation is 2. The van der Waals surface area contributed by atoms with Gasteiger partial charge in [-0.15, -0.1) is 0 Å². The van der Waals surface area contributed by atoms with Crippen molar-refractivity contribution in [1.82, 2.24) is 19.7 Å². The average molecular weight is 306 g/mol. The number of nitrogens with zero attached hydrogens (tertiary/aromatic N) is 3. The molecule has 4 rings (SSSR count). The monoisotopic (exact) mass is 306 g/mol. The summed E-state index contributed by atoms with van der Waals surface area (Å²) in [5.74, 6) is -0.253. The third-order valence-electron chi connectivity index (χ3n) is 4.00. The van der Waals surface area contributed by atoms with E-state index in [9.17, 15) is 4.39 Å². The molecule has 0 unspecified atom stereocenters. The second-order valence-electron chi connectivity index (χ2n) is 5.67. The Morgan fingerprint density at radius 2 is 2.00 bits per heavy atom. The van der Waals surface area contributed by atoms with Gasteiger partial charge in [0, 0.05) is 22.8 Å². The van der Waals surface area contributed by atoms with E-state index in [0.717, 1.165) is 39.2 Å². The first-order valence-corrected chi connectivity index (χ1v) is 7.38. The molecule has 0 aliphatic carbocycles. The van der Waals surface area contributed by atoms with E-state index in [1.54, 1.807) is 12.3 Å². The molecule has 114 valence electrons. The molecule has 1 N–H and O–H groups in total. The lowest BCUT2D eigenvalue weighted by Gasteiger charge is -2.00. The molecule has 0 fully saturated rings. The molecular weight excluding hydrogens is 291 g/mol. The van der Waals surface area contributed by atoms with E-state index in [4.69, 9.17) is 0 Å². The van der Waals surface area contributed by atoms with Crippen LogP contribution in [0.15, 0.2) is 48.8 Å². The summed E-state index contributed by atoms with van der Waals surface area (Å²) in [6, 6.07) is 10.5. The zero-order chi connectivity index (χ0) is 16.0. The van der Waals surface area contributed by atoms with Crippen LogP contribution in [0.25, 0.3) is 28.0 Å². The van der Waals surface area contributed by atoms with E-state index in [-0.39, 0.29) is 5.82 Å². The van der Waals surface area contributed by atoms with Gasteiger partial charge in [0.05, 0.1) is 17.6 Å². The highest BCUT2D eigenvalue weighted by Crippen LogP contribution is 2.25. The SMILES string of the molecule is Cc1cn(-c2cnc3[nH]c(-c4cccc(F)c4)cc3c2)nc1C. The van der Waals surface area contributed by atoms with Crippen LogP contribution in [0.3, 0.4) is 0 Å². The van der Waals surface area contributed by atoms with Crippen LogP contribution >= 0.6 is 0 Å². The lowest BCUT2D eigenvalue weighted by Crippen LogP contribution is -1.95. The van der Waals surface area contributed by atoms with E-state index in [2.05, 4.69) is 15.1 Å². The van der Waals surface area contributed by atoms with Crippen LogP contribution in [0.1, 0.15) is 11.3 Å². The lowest BCUT2D eigenvalue weighted by atomic mass is 10.1. The average Bonchev–Trinajstić information content (AvgIpc) is 3.10. The van der Waals surface area contributed by atoms with Crippen molar-refractivity contribution >= 4 is 11.0 Å². The molecule has 23 heavy (non-hydrogen) atoms. The van der Waals surface area contributed by atoms with Crippen LogP contribution in [0.2, 0.25) is 0 Å². The van der Waals surface area contributed by atoms with Gasteiger partial charge in [0.15, 0.2) is 0 Å². The maximum atomic E-state index is 13.4. The number of benzene rings is 1. The number of hydrogen-bond donors (Lipinski definition) is 1. The Balaban J connectivity index is 1.80. The number of H-pyrrole nitrogens is 1. The molecule has 0 aliphatic heterocycles. The number of hydrogen-bond acceptors (Lipinski definition) is 2. The second-order valence-corrected chi connectivity index (χ2v) is 5.67. The van der Waals surface area contributed by atoms with Crippen LogP contribution in [-0.4, -0.2) is 19.7 Å². The predicted molar refractivity (Wildman–Crippen MR) is 88.1 cm³/mol. The first-order chi connectivity index (χ1) is 11.1. The molecule has 0 bridgehead atoms. The van der Waals surface area contributed by atoms with Gasteiger partial charge in [0.1, 0.15) is 11.5 Å². The summed E-state index contributed by atoms with van der Waals surface area (Å²) in [6.45, 7) is 4.01. The van der Waals surface area contributed by atoms with Crippen LogP contribution < -0.4 is 0 Å². The van der Waals surface area contributed by atoms with E-state index in [0.29, 0.717) is 0 Å². The molecule has 0 amide bonds. The quantitative estimate of drug-likeness (QED) is 0.604. The number of aromatic nitrogens is 4. The molecular formula is C18H15FN4. The van der Waals surface area contributed by atoms with Gasteiger partial charge in [-0.2, -0.15) is 5.10 Å². The van der Waals surface area contributed by atoms with Gasteiger partial charge in [-0.1, -0.05) is 12.1 Å². The number of nitrogens with one attached hydrogen (secondary N) is 1. The van der Waals surface area contributed by atoms with E-state index >= 15 is 0 Å². The topological polar surface area (TPSA) is 46.5 Å². The summed E-state index contributed by atoms with van der Waals surface area (Å²) in [5, 5.41) is 5.45. The maximum absolute atomic E-state index is 13.4. The Morgan fingerprint density at radius 1 is 1.13 bits per heavy atom. The molecule has 0 spiro atoms. The Labute approximate surface area is 132 Å². The molecule has 4 nitrogen and oxygen atoms in total. The van der Waals surface area contributed by atoms with Crippen LogP contribution in [0.5, 0.6) is 0 Å². The smallest absolute Gasteiger partial charge is 0.137 e. The fraction of sp³-hybridized carbons (Fsp3) is 0.111. The largest absolute Gasteiger partial charge is 0.339 e. The molecule has 0 saturated carbocycles. The molecule has 4 aromatic rings. The minimum Gasteiger partial charge on any atom is -0.339 e. The number of halogens is 1. The fourth-order valence-electron chi connectivity index (χ4n) is 2.62. The normalized spacial score (nSPS) is 11.3. The zero-order valence-corrected chi connectivity index (χ0v) is 12.8. The van der Waals surface area contributed by atoms with Crippen molar-refractivity contribution < 1.29 is 4.39 Å². The van der Waals surface area contributed by atoms with Crippen LogP contribution in [0.4, 0.5) is 4.39 Å². The molecule has 0 saturated heterocycles. The first-order valence-electron chi connectivity index (χ1n) is 7.38. The Morgan fingerprint density at radius 3 is 2.74 bits per heavy atom. The van der Waals surface area contributed by atoms with Crippen LogP contribution in [-0.2, 0) is 0 Å². The third kappa shape index (κ3) is 2.40. The van der Waals surface area contributed by atoms with Crippen LogP contribution in [0, 0.1) is 19.7 Å². The highest BCUT2D eigenvalue weighted by Gasteiger charge is 2.08. The number of pyridine rings is 1. The van der Waals surface area contributed by atoms with Crippen molar-refractivity contribution in [2.45, 2.75) is 13.8 Å². The molecule has 3 aromatic heterocycles. The van der Waals surface area contributed by atoms with Gasteiger partial charge < -0.3 is 4.98 Å². The van der Waals surface area contributed by atoms with Crippen molar-refractivity contribution in [3.8, 4) is 16.9 Å². The highest BCUT2D eigenvalue weighted by atomic mass is 19.1. The number of rotatable bonds is 2. The minimum absolute atomic E-state index is 0.253. The van der Waals surface area contributed by atoms with Gasteiger partial charge >= 0.3 is 0 Å². The first kappa shape index (κ1) is 13.7. The highest BCUT2D eigenvalue weighted by molar-refractivity contribution is 5.84. The summed E-state index contributed by atoms with van der Waals surface area (Å²) in [5.41, 5.74) is 5.46. The summed E-state index contributed by atoms with van der Waals surface area (Å²) in [4.78, 5) is 7.68. The fourth-order valence-corrected chi connectivity index (χ4v) is 2.62. The molecule has 0 aliphatic rings. The number of aromatic amines is 1. The van der Waals surface area contributed by atoms with Crippen molar-refractivity contribution in [3.05, 3.63) is 65.9 Å². The molecule has 3 heterocycles. The summed E-state index contributed by atoms with van der Waals surface area (Å²) in [7, 11) is 0.